The number of hydrogen-bond acceptors (Lipinski definition) is 3. The minimum absolute atomic E-state index is 0.119. The summed E-state index contributed by atoms with van der Waals surface area (Å²) in [5, 5.41) is 1.46. The molecule has 2 aliphatic heterocycles. The number of para-hydroxylation sites is 1. The number of fused-ring (bicyclic) bond motifs is 2. The number of carbonyl (C=O) groups excluding carboxylic acids is 2. The van der Waals surface area contributed by atoms with Gasteiger partial charge in [-0.15, -0.1) is 11.8 Å². The van der Waals surface area contributed by atoms with E-state index in [1.807, 2.05) is 30.3 Å². The molecule has 5 rings (SSSR count). The van der Waals surface area contributed by atoms with Gasteiger partial charge in [0, 0.05) is 16.3 Å². The molecule has 0 saturated carbocycles. The Morgan fingerprint density at radius 1 is 0.903 bits per heavy atom. The normalized spacial score (nSPS) is 20.1. The molecule has 4 nitrogen and oxygen atoms in total. The summed E-state index contributed by atoms with van der Waals surface area (Å²) in [5.74, 6) is -0.0685. The molecular formula is C23H15Cl3N2O2S. The molecule has 2 amide bonds. The topological polar surface area (TPSA) is 40.6 Å². The standard InChI is InChI=1S/C23H15Cl3N2O2S/c24-15-6-8-16(9-7-15)28-21(29)13-31-23(28)17-3-1-2-4-20(17)27(22(23)30)12-14-5-10-18(25)19(26)11-14/h1-11H,12-13H2/t23-/m1/s1. The molecule has 31 heavy (non-hydrogen) atoms. The van der Waals surface area contributed by atoms with Gasteiger partial charge in [0.15, 0.2) is 0 Å². The Morgan fingerprint density at radius 2 is 1.65 bits per heavy atom. The van der Waals surface area contributed by atoms with Crippen molar-refractivity contribution in [2.45, 2.75) is 11.4 Å². The quantitative estimate of drug-likeness (QED) is 0.444. The highest BCUT2D eigenvalue weighted by atomic mass is 35.5. The predicted molar refractivity (Wildman–Crippen MR) is 127 cm³/mol. The average Bonchev–Trinajstić information content (AvgIpc) is 3.23. The maximum Gasteiger partial charge on any atom is 0.269 e. The van der Waals surface area contributed by atoms with Crippen molar-refractivity contribution in [2.75, 3.05) is 15.6 Å². The fourth-order valence-corrected chi connectivity index (χ4v) is 5.93. The lowest BCUT2D eigenvalue weighted by Crippen LogP contribution is -2.49. The number of benzene rings is 3. The molecule has 0 radical (unpaired) electrons. The van der Waals surface area contributed by atoms with Crippen LogP contribution in [0.4, 0.5) is 11.4 Å². The van der Waals surface area contributed by atoms with Gasteiger partial charge in [0.25, 0.3) is 5.91 Å². The molecule has 0 N–H and O–H groups in total. The second-order valence-electron chi connectivity index (χ2n) is 7.30. The molecule has 1 spiro atoms. The van der Waals surface area contributed by atoms with E-state index in [-0.39, 0.29) is 17.6 Å². The highest BCUT2D eigenvalue weighted by Gasteiger charge is 2.60. The first-order valence-corrected chi connectivity index (χ1v) is 11.6. The lowest BCUT2D eigenvalue weighted by atomic mass is 10.0. The van der Waals surface area contributed by atoms with Crippen molar-refractivity contribution in [3.63, 3.8) is 0 Å². The lowest BCUT2D eigenvalue weighted by molar-refractivity contribution is -0.123. The molecule has 3 aromatic rings. The van der Waals surface area contributed by atoms with Crippen LogP contribution in [0.15, 0.2) is 66.7 Å². The maximum atomic E-state index is 14.0. The molecule has 0 bridgehead atoms. The Kier molecular flexibility index (Phi) is 5.18. The SMILES string of the molecule is O=C1CS[C@]2(C(=O)N(Cc3ccc(Cl)c(Cl)c3)c3ccccc32)N1c1ccc(Cl)cc1. The average molecular weight is 490 g/mol. The van der Waals surface area contributed by atoms with E-state index in [0.29, 0.717) is 27.3 Å². The summed E-state index contributed by atoms with van der Waals surface area (Å²) in [5.41, 5.74) is 3.06. The molecule has 1 saturated heterocycles. The molecule has 2 heterocycles. The number of anilines is 2. The Labute approximate surface area is 198 Å². The Morgan fingerprint density at radius 3 is 2.39 bits per heavy atom. The van der Waals surface area contributed by atoms with E-state index >= 15 is 0 Å². The predicted octanol–water partition coefficient (Wildman–Crippen LogP) is 6.13. The highest BCUT2D eigenvalue weighted by molar-refractivity contribution is 8.02. The first-order chi connectivity index (χ1) is 14.9. The van der Waals surface area contributed by atoms with Crippen LogP contribution in [0.2, 0.25) is 15.1 Å². The second-order valence-corrected chi connectivity index (χ2v) is 9.71. The van der Waals surface area contributed by atoms with Crippen LogP contribution >= 0.6 is 46.6 Å². The number of carbonyl (C=O) groups is 2. The van der Waals surface area contributed by atoms with E-state index in [4.69, 9.17) is 34.8 Å². The fraction of sp³-hybridized carbons (Fsp3) is 0.130. The monoisotopic (exact) mass is 488 g/mol. The summed E-state index contributed by atoms with van der Waals surface area (Å²) in [6.07, 6.45) is 0. The Hall–Kier alpha value is -2.18. The van der Waals surface area contributed by atoms with Gasteiger partial charge >= 0.3 is 0 Å². The first-order valence-electron chi connectivity index (χ1n) is 9.50. The number of nitrogens with zero attached hydrogens (tertiary/aromatic N) is 2. The van der Waals surface area contributed by atoms with E-state index in [1.54, 1.807) is 46.2 Å². The minimum atomic E-state index is -1.16. The molecule has 156 valence electrons. The number of halogens is 3. The third kappa shape index (κ3) is 3.23. The summed E-state index contributed by atoms with van der Waals surface area (Å²) in [6, 6.07) is 19.9. The molecule has 2 aliphatic rings. The van der Waals surface area contributed by atoms with Gasteiger partial charge in [-0.05, 0) is 48.0 Å². The van der Waals surface area contributed by atoms with E-state index in [1.165, 1.54) is 11.8 Å². The molecule has 0 aromatic heterocycles. The van der Waals surface area contributed by atoms with Crippen molar-refractivity contribution in [3.8, 4) is 0 Å². The van der Waals surface area contributed by atoms with Gasteiger partial charge in [0.2, 0.25) is 10.8 Å². The van der Waals surface area contributed by atoms with E-state index in [2.05, 4.69) is 0 Å². The van der Waals surface area contributed by atoms with Crippen LogP contribution in [0, 0.1) is 0 Å². The highest BCUT2D eigenvalue weighted by Crippen LogP contribution is 2.56. The Bertz CT molecular complexity index is 1220. The molecule has 1 atom stereocenters. The van der Waals surface area contributed by atoms with Crippen molar-refractivity contribution >= 4 is 69.8 Å². The summed E-state index contributed by atoms with van der Waals surface area (Å²) < 4.78 is 0. The lowest BCUT2D eigenvalue weighted by Gasteiger charge is -2.33. The van der Waals surface area contributed by atoms with Crippen LogP contribution in [0.5, 0.6) is 0 Å². The zero-order chi connectivity index (χ0) is 21.8. The zero-order valence-electron chi connectivity index (χ0n) is 16.0. The van der Waals surface area contributed by atoms with Crippen molar-refractivity contribution in [3.05, 3.63) is 92.9 Å². The van der Waals surface area contributed by atoms with Gasteiger partial charge in [0.1, 0.15) is 0 Å². The number of hydrogen-bond donors (Lipinski definition) is 0. The van der Waals surface area contributed by atoms with Crippen molar-refractivity contribution < 1.29 is 9.59 Å². The maximum absolute atomic E-state index is 14.0. The van der Waals surface area contributed by atoms with Crippen LogP contribution in [0.25, 0.3) is 0 Å². The summed E-state index contributed by atoms with van der Waals surface area (Å²) >= 11 is 19.6. The van der Waals surface area contributed by atoms with Gasteiger partial charge in [-0.2, -0.15) is 0 Å². The largest absolute Gasteiger partial charge is 0.304 e. The smallest absolute Gasteiger partial charge is 0.269 e. The number of amides is 2. The summed E-state index contributed by atoms with van der Waals surface area (Å²) in [4.78, 5) is 29.1. The number of rotatable bonds is 3. The number of thioether (sulfide) groups is 1. The zero-order valence-corrected chi connectivity index (χ0v) is 19.1. The van der Waals surface area contributed by atoms with Gasteiger partial charge in [0.05, 0.1) is 28.0 Å². The Balaban J connectivity index is 1.62. The van der Waals surface area contributed by atoms with Crippen LogP contribution in [0.3, 0.4) is 0 Å². The van der Waals surface area contributed by atoms with Crippen LogP contribution in [-0.2, 0) is 21.0 Å². The van der Waals surface area contributed by atoms with Crippen LogP contribution < -0.4 is 9.80 Å². The third-order valence-electron chi connectivity index (χ3n) is 5.47. The van der Waals surface area contributed by atoms with Gasteiger partial charge in [-0.25, -0.2) is 0 Å². The molecule has 0 aliphatic carbocycles. The van der Waals surface area contributed by atoms with Crippen molar-refractivity contribution in [1.82, 2.24) is 0 Å². The second kappa shape index (κ2) is 7.75. The van der Waals surface area contributed by atoms with Crippen molar-refractivity contribution in [2.24, 2.45) is 0 Å². The van der Waals surface area contributed by atoms with Crippen molar-refractivity contribution in [1.29, 1.82) is 0 Å². The first kappa shape index (κ1) is 20.7. The summed E-state index contributed by atoms with van der Waals surface area (Å²) in [7, 11) is 0. The van der Waals surface area contributed by atoms with Gasteiger partial charge in [-0.1, -0.05) is 59.1 Å². The van der Waals surface area contributed by atoms with Crippen LogP contribution in [-0.4, -0.2) is 17.6 Å². The van der Waals surface area contributed by atoms with E-state index in [0.717, 1.165) is 16.8 Å². The molecule has 3 aromatic carbocycles. The van der Waals surface area contributed by atoms with E-state index < -0.39 is 4.87 Å². The molecule has 0 unspecified atom stereocenters. The molecule has 1 fully saturated rings. The van der Waals surface area contributed by atoms with Crippen LogP contribution in [0.1, 0.15) is 11.1 Å². The molecule has 8 heteroatoms. The fourth-order valence-electron chi connectivity index (χ4n) is 4.12. The minimum Gasteiger partial charge on any atom is -0.304 e. The summed E-state index contributed by atoms with van der Waals surface area (Å²) in [6.45, 7) is 0.317. The van der Waals surface area contributed by atoms with E-state index in [9.17, 15) is 9.59 Å². The molecular weight excluding hydrogens is 475 g/mol. The van der Waals surface area contributed by atoms with Gasteiger partial charge < -0.3 is 4.90 Å². The van der Waals surface area contributed by atoms with Gasteiger partial charge in [-0.3, -0.25) is 14.5 Å². The third-order valence-corrected chi connectivity index (χ3v) is 7.85.